The molecule has 1 heterocycles. The number of hydrogen-bond acceptors (Lipinski definition) is 1. The lowest BCUT2D eigenvalue weighted by Crippen LogP contribution is -2.01. The van der Waals surface area contributed by atoms with E-state index in [2.05, 4.69) is 15.6 Å². The Morgan fingerprint density at radius 3 is 2.58 bits per heavy atom. The highest BCUT2D eigenvalue weighted by Gasteiger charge is 2.10. The fraction of sp³-hybridized carbons (Fsp3) is 0.133. The van der Waals surface area contributed by atoms with Gasteiger partial charge in [-0.2, -0.15) is 0 Å². The smallest absolute Gasteiger partial charge is 0.107 e. The van der Waals surface area contributed by atoms with Gasteiger partial charge in [0.15, 0.2) is 0 Å². The lowest BCUT2D eigenvalue weighted by molar-refractivity contribution is 0.786. The first-order valence-electron chi connectivity index (χ1n) is 5.92. The summed E-state index contributed by atoms with van der Waals surface area (Å²) in [4.78, 5) is 4.52. The second-order valence-electron chi connectivity index (χ2n) is 4.41. The van der Waals surface area contributed by atoms with E-state index in [9.17, 15) is 0 Å². The minimum atomic E-state index is 0.535. The van der Waals surface area contributed by atoms with Gasteiger partial charge in [0.05, 0.1) is 21.1 Å². The Hall–Kier alpha value is -1.51. The molecule has 19 heavy (non-hydrogen) atoms. The summed E-state index contributed by atoms with van der Waals surface area (Å²) in [5.41, 5.74) is 3.07. The fourth-order valence-corrected chi connectivity index (χ4v) is 2.47. The van der Waals surface area contributed by atoms with Gasteiger partial charge >= 0.3 is 0 Å². The summed E-state index contributed by atoms with van der Waals surface area (Å²) in [6, 6.07) is 14.6. The first-order chi connectivity index (χ1) is 9.15. The number of halogens is 2. The first kappa shape index (κ1) is 12.5. The van der Waals surface area contributed by atoms with Crippen LogP contribution in [-0.2, 0) is 6.54 Å². The average Bonchev–Trinajstić information content (AvgIpc) is 2.68. The van der Waals surface area contributed by atoms with E-state index >= 15 is 0 Å². The standard InChI is InChI=1S/C15H11Cl2N2/c1-10-18-14-7-12(16)13(17)8-15(14)19(10)9-11-5-3-2-4-6-11/h3-8H,9H2,1H3. The Balaban J connectivity index is 2.13. The van der Waals surface area contributed by atoms with Crippen LogP contribution in [0.15, 0.2) is 36.4 Å². The Morgan fingerprint density at radius 2 is 1.84 bits per heavy atom. The van der Waals surface area contributed by atoms with Crippen molar-refractivity contribution in [3.63, 3.8) is 0 Å². The molecule has 3 rings (SSSR count). The predicted molar refractivity (Wildman–Crippen MR) is 78.9 cm³/mol. The zero-order valence-corrected chi connectivity index (χ0v) is 11.8. The van der Waals surface area contributed by atoms with Crippen molar-refractivity contribution in [2.24, 2.45) is 0 Å². The van der Waals surface area contributed by atoms with E-state index in [1.807, 2.05) is 43.3 Å². The monoisotopic (exact) mass is 289 g/mol. The van der Waals surface area contributed by atoms with Crippen molar-refractivity contribution in [2.45, 2.75) is 13.5 Å². The van der Waals surface area contributed by atoms with Crippen LogP contribution in [0.1, 0.15) is 11.4 Å². The van der Waals surface area contributed by atoms with E-state index in [1.165, 1.54) is 5.56 Å². The van der Waals surface area contributed by atoms with Crippen LogP contribution in [-0.4, -0.2) is 9.55 Å². The van der Waals surface area contributed by atoms with Crippen molar-refractivity contribution >= 4 is 34.2 Å². The fourth-order valence-electron chi connectivity index (χ4n) is 2.15. The first-order valence-corrected chi connectivity index (χ1v) is 6.67. The molecule has 2 nitrogen and oxygen atoms in total. The second-order valence-corrected chi connectivity index (χ2v) is 5.22. The summed E-state index contributed by atoms with van der Waals surface area (Å²) in [6.45, 7) is 2.74. The largest absolute Gasteiger partial charge is 0.324 e. The van der Waals surface area contributed by atoms with E-state index in [1.54, 1.807) is 0 Å². The molecule has 3 aromatic rings. The molecule has 0 amide bonds. The molecule has 1 aromatic heterocycles. The normalized spacial score (nSPS) is 11.1. The number of imidazole rings is 1. The van der Waals surface area contributed by atoms with Gasteiger partial charge in [0.25, 0.3) is 0 Å². The van der Waals surface area contributed by atoms with Crippen molar-refractivity contribution < 1.29 is 0 Å². The summed E-state index contributed by atoms with van der Waals surface area (Å²) >= 11 is 12.1. The molecule has 0 saturated heterocycles. The molecule has 0 saturated carbocycles. The van der Waals surface area contributed by atoms with Crippen LogP contribution in [0.4, 0.5) is 0 Å². The SMILES string of the molecule is Cc1nc2cc(Cl)c(Cl)cc2n1Cc1cc[c]cc1. The van der Waals surface area contributed by atoms with Gasteiger partial charge in [-0.15, -0.1) is 0 Å². The van der Waals surface area contributed by atoms with Gasteiger partial charge in [-0.25, -0.2) is 4.98 Å². The molecular weight excluding hydrogens is 279 g/mol. The van der Waals surface area contributed by atoms with Gasteiger partial charge in [0.1, 0.15) is 5.82 Å². The van der Waals surface area contributed by atoms with Crippen LogP contribution in [0.3, 0.4) is 0 Å². The molecule has 0 aliphatic carbocycles. The summed E-state index contributed by atoms with van der Waals surface area (Å²) < 4.78 is 2.13. The third-order valence-electron chi connectivity index (χ3n) is 3.11. The number of rotatable bonds is 2. The van der Waals surface area contributed by atoms with E-state index in [-0.39, 0.29) is 0 Å². The second kappa shape index (κ2) is 4.87. The van der Waals surface area contributed by atoms with Crippen molar-refractivity contribution in [3.8, 4) is 0 Å². The highest BCUT2D eigenvalue weighted by Crippen LogP contribution is 2.28. The minimum absolute atomic E-state index is 0.535. The molecule has 0 fully saturated rings. The average molecular weight is 290 g/mol. The Kier molecular flexibility index (Phi) is 3.21. The Labute approximate surface area is 121 Å². The summed E-state index contributed by atoms with van der Waals surface area (Å²) in [5.74, 6) is 0.946. The van der Waals surface area contributed by atoms with Crippen LogP contribution < -0.4 is 0 Å². The van der Waals surface area contributed by atoms with Crippen molar-refractivity contribution in [1.29, 1.82) is 0 Å². The molecule has 4 heteroatoms. The lowest BCUT2D eigenvalue weighted by atomic mass is 10.2. The maximum Gasteiger partial charge on any atom is 0.107 e. The van der Waals surface area contributed by atoms with Crippen molar-refractivity contribution in [3.05, 3.63) is 63.9 Å². The zero-order valence-electron chi connectivity index (χ0n) is 10.3. The van der Waals surface area contributed by atoms with Gasteiger partial charge in [-0.05, 0) is 30.7 Å². The molecular formula is C15H11Cl2N2. The maximum absolute atomic E-state index is 6.09. The van der Waals surface area contributed by atoms with E-state index in [0.29, 0.717) is 10.0 Å². The van der Waals surface area contributed by atoms with Gasteiger partial charge in [0, 0.05) is 6.54 Å². The molecule has 0 spiro atoms. The quantitative estimate of drug-likeness (QED) is 0.679. The Morgan fingerprint density at radius 1 is 1.16 bits per heavy atom. The van der Waals surface area contributed by atoms with Gasteiger partial charge in [0.2, 0.25) is 0 Å². The minimum Gasteiger partial charge on any atom is -0.324 e. The number of benzene rings is 2. The Bertz CT molecular complexity index is 733. The highest BCUT2D eigenvalue weighted by molar-refractivity contribution is 6.42. The zero-order chi connectivity index (χ0) is 13.4. The summed E-state index contributed by atoms with van der Waals surface area (Å²) in [6.07, 6.45) is 0. The maximum atomic E-state index is 6.09. The van der Waals surface area contributed by atoms with Crippen LogP contribution in [0.5, 0.6) is 0 Å². The number of aromatic nitrogens is 2. The van der Waals surface area contributed by atoms with E-state index in [4.69, 9.17) is 23.2 Å². The number of aryl methyl sites for hydroxylation is 1. The summed E-state index contributed by atoms with van der Waals surface area (Å²) in [7, 11) is 0. The molecule has 0 N–H and O–H groups in total. The molecule has 0 aliphatic heterocycles. The predicted octanol–water partition coefficient (Wildman–Crippen LogP) is 4.50. The van der Waals surface area contributed by atoms with Crippen LogP contribution >= 0.6 is 23.2 Å². The van der Waals surface area contributed by atoms with Gasteiger partial charge < -0.3 is 4.57 Å². The third kappa shape index (κ3) is 2.34. The molecule has 0 aliphatic rings. The summed E-state index contributed by atoms with van der Waals surface area (Å²) in [5, 5.41) is 1.09. The number of hydrogen-bond donors (Lipinski definition) is 0. The molecule has 1 radical (unpaired) electrons. The molecule has 0 bridgehead atoms. The van der Waals surface area contributed by atoms with Crippen LogP contribution in [0.25, 0.3) is 11.0 Å². The van der Waals surface area contributed by atoms with Crippen LogP contribution in [0.2, 0.25) is 10.0 Å². The number of nitrogens with zero attached hydrogens (tertiary/aromatic N) is 2. The molecule has 2 aromatic carbocycles. The molecule has 95 valence electrons. The lowest BCUT2D eigenvalue weighted by Gasteiger charge is -2.07. The molecule has 0 unspecified atom stereocenters. The van der Waals surface area contributed by atoms with Crippen LogP contribution in [0, 0.1) is 13.0 Å². The van der Waals surface area contributed by atoms with E-state index in [0.717, 1.165) is 23.4 Å². The topological polar surface area (TPSA) is 17.8 Å². The number of fused-ring (bicyclic) bond motifs is 1. The van der Waals surface area contributed by atoms with Crippen molar-refractivity contribution in [2.75, 3.05) is 0 Å². The highest BCUT2D eigenvalue weighted by atomic mass is 35.5. The van der Waals surface area contributed by atoms with Crippen molar-refractivity contribution in [1.82, 2.24) is 9.55 Å². The van der Waals surface area contributed by atoms with E-state index < -0.39 is 0 Å². The van der Waals surface area contributed by atoms with Gasteiger partial charge in [-0.3, -0.25) is 0 Å². The third-order valence-corrected chi connectivity index (χ3v) is 3.83. The van der Waals surface area contributed by atoms with Gasteiger partial charge in [-0.1, -0.05) is 47.5 Å². The molecule has 0 atom stereocenters.